The Labute approximate surface area is 143 Å². The number of anilines is 1. The van der Waals surface area contributed by atoms with E-state index in [1.165, 1.54) is 12.1 Å². The lowest BCUT2D eigenvalue weighted by Crippen LogP contribution is -2.30. The van der Waals surface area contributed by atoms with Gasteiger partial charge in [0.15, 0.2) is 0 Å². The summed E-state index contributed by atoms with van der Waals surface area (Å²) in [4.78, 5) is 12.3. The van der Waals surface area contributed by atoms with E-state index in [0.29, 0.717) is 11.3 Å². The van der Waals surface area contributed by atoms with E-state index in [1.807, 2.05) is 32.9 Å². The number of rotatable bonds is 5. The van der Waals surface area contributed by atoms with Crippen LogP contribution in [0.5, 0.6) is 0 Å². The summed E-state index contributed by atoms with van der Waals surface area (Å²) in [5.74, 6) is -0.283. The lowest BCUT2D eigenvalue weighted by molar-refractivity contribution is 0.0942. The molecule has 2 aromatic carbocycles. The third-order valence-corrected chi connectivity index (χ3v) is 4.87. The van der Waals surface area contributed by atoms with Gasteiger partial charge in [-0.3, -0.25) is 9.52 Å². The molecule has 0 unspecified atom stereocenters. The first-order valence-corrected chi connectivity index (χ1v) is 9.18. The standard InChI is InChI=1S/C18H22N2O3S/c1-12(2)19-18(21)17-11-16(10-7-14(17)4)24(22,23)20-15-8-5-13(3)6-9-15/h5-12,20H,1-4H3,(H,19,21). The maximum Gasteiger partial charge on any atom is 0.261 e. The van der Waals surface area contributed by atoms with E-state index in [4.69, 9.17) is 0 Å². The first-order chi connectivity index (χ1) is 11.2. The molecule has 0 spiro atoms. The van der Waals surface area contributed by atoms with Gasteiger partial charge in [-0.05, 0) is 57.5 Å². The Hall–Kier alpha value is -2.34. The van der Waals surface area contributed by atoms with Crippen LogP contribution in [-0.2, 0) is 10.0 Å². The number of aryl methyl sites for hydroxylation is 2. The third kappa shape index (κ3) is 4.35. The van der Waals surface area contributed by atoms with Crippen molar-refractivity contribution < 1.29 is 13.2 Å². The molecule has 0 fully saturated rings. The topological polar surface area (TPSA) is 75.3 Å². The zero-order chi connectivity index (χ0) is 17.9. The third-order valence-electron chi connectivity index (χ3n) is 3.49. The average molecular weight is 346 g/mol. The summed E-state index contributed by atoms with van der Waals surface area (Å²) >= 11 is 0. The van der Waals surface area contributed by atoms with Gasteiger partial charge >= 0.3 is 0 Å². The number of nitrogens with one attached hydrogen (secondary N) is 2. The second-order valence-electron chi connectivity index (χ2n) is 6.08. The van der Waals surface area contributed by atoms with Gasteiger partial charge in [0.2, 0.25) is 0 Å². The Bertz CT molecular complexity index is 841. The molecule has 1 amide bonds. The van der Waals surface area contributed by atoms with Crippen molar-refractivity contribution in [3.05, 3.63) is 59.2 Å². The van der Waals surface area contributed by atoms with Gasteiger partial charge < -0.3 is 5.32 Å². The lowest BCUT2D eigenvalue weighted by Gasteiger charge is -2.13. The van der Waals surface area contributed by atoms with Gasteiger partial charge in [-0.15, -0.1) is 0 Å². The summed E-state index contributed by atoms with van der Waals surface area (Å²) < 4.78 is 27.6. The number of hydrogen-bond donors (Lipinski definition) is 2. The van der Waals surface area contributed by atoms with Crippen LogP contribution in [0.3, 0.4) is 0 Å². The molecule has 24 heavy (non-hydrogen) atoms. The fourth-order valence-electron chi connectivity index (χ4n) is 2.19. The molecule has 0 saturated carbocycles. The molecule has 0 saturated heterocycles. The van der Waals surface area contributed by atoms with Crippen molar-refractivity contribution in [1.29, 1.82) is 0 Å². The van der Waals surface area contributed by atoms with Gasteiger partial charge in [-0.1, -0.05) is 23.8 Å². The minimum absolute atomic E-state index is 0.0251. The Morgan fingerprint density at radius 3 is 2.21 bits per heavy atom. The Kier molecular flexibility index (Phi) is 5.29. The fraction of sp³-hybridized carbons (Fsp3) is 0.278. The predicted octanol–water partition coefficient (Wildman–Crippen LogP) is 3.24. The van der Waals surface area contributed by atoms with Crippen molar-refractivity contribution in [2.45, 2.75) is 38.6 Å². The highest BCUT2D eigenvalue weighted by atomic mass is 32.2. The molecule has 2 rings (SSSR count). The minimum Gasteiger partial charge on any atom is -0.350 e. The summed E-state index contributed by atoms with van der Waals surface area (Å²) in [6.45, 7) is 7.41. The molecule has 0 aliphatic heterocycles. The molecule has 128 valence electrons. The highest BCUT2D eigenvalue weighted by Crippen LogP contribution is 2.20. The van der Waals surface area contributed by atoms with Crippen LogP contribution < -0.4 is 10.0 Å². The molecule has 5 nitrogen and oxygen atoms in total. The number of sulfonamides is 1. The van der Waals surface area contributed by atoms with E-state index < -0.39 is 10.0 Å². The fourth-order valence-corrected chi connectivity index (χ4v) is 3.27. The van der Waals surface area contributed by atoms with E-state index in [9.17, 15) is 13.2 Å². The van der Waals surface area contributed by atoms with Crippen molar-refractivity contribution in [3.8, 4) is 0 Å². The Morgan fingerprint density at radius 1 is 1.00 bits per heavy atom. The monoisotopic (exact) mass is 346 g/mol. The molecule has 0 radical (unpaired) electrons. The van der Waals surface area contributed by atoms with E-state index >= 15 is 0 Å². The first-order valence-electron chi connectivity index (χ1n) is 7.70. The molecule has 0 heterocycles. The van der Waals surface area contributed by atoms with Crippen LogP contribution in [0.1, 0.15) is 35.3 Å². The number of amides is 1. The summed E-state index contributed by atoms with van der Waals surface area (Å²) in [6.07, 6.45) is 0. The normalized spacial score (nSPS) is 11.4. The zero-order valence-corrected chi connectivity index (χ0v) is 15.1. The maximum absolute atomic E-state index is 12.6. The number of hydrogen-bond acceptors (Lipinski definition) is 3. The largest absolute Gasteiger partial charge is 0.350 e. The van der Waals surface area contributed by atoms with Gasteiger partial charge in [0.25, 0.3) is 15.9 Å². The molecular weight excluding hydrogens is 324 g/mol. The molecule has 0 atom stereocenters. The zero-order valence-electron chi connectivity index (χ0n) is 14.3. The van der Waals surface area contributed by atoms with Gasteiger partial charge in [0, 0.05) is 17.3 Å². The van der Waals surface area contributed by atoms with E-state index in [2.05, 4.69) is 10.0 Å². The maximum atomic E-state index is 12.6. The summed E-state index contributed by atoms with van der Waals surface area (Å²) in [6, 6.07) is 11.6. The molecular formula is C18H22N2O3S. The van der Waals surface area contributed by atoms with Crippen LogP contribution in [-0.4, -0.2) is 20.4 Å². The quantitative estimate of drug-likeness (QED) is 0.873. The Morgan fingerprint density at radius 2 is 1.62 bits per heavy atom. The molecule has 0 aliphatic carbocycles. The van der Waals surface area contributed by atoms with Gasteiger partial charge in [0.1, 0.15) is 0 Å². The summed E-state index contributed by atoms with van der Waals surface area (Å²) in [5.41, 5.74) is 2.60. The molecule has 0 aromatic heterocycles. The van der Waals surface area contributed by atoms with Crippen LogP contribution in [0.25, 0.3) is 0 Å². The number of carbonyl (C=O) groups is 1. The van der Waals surface area contributed by atoms with Crippen LogP contribution >= 0.6 is 0 Å². The van der Waals surface area contributed by atoms with Gasteiger partial charge in [-0.2, -0.15) is 0 Å². The van der Waals surface area contributed by atoms with Crippen molar-refractivity contribution in [1.82, 2.24) is 5.32 Å². The van der Waals surface area contributed by atoms with Crippen LogP contribution in [0.2, 0.25) is 0 Å². The molecule has 2 N–H and O–H groups in total. The SMILES string of the molecule is Cc1ccc(NS(=O)(=O)c2ccc(C)c(C(=O)NC(C)C)c2)cc1. The van der Waals surface area contributed by atoms with Crippen LogP contribution in [0, 0.1) is 13.8 Å². The molecule has 0 bridgehead atoms. The van der Waals surface area contributed by atoms with Gasteiger partial charge in [-0.25, -0.2) is 8.42 Å². The van der Waals surface area contributed by atoms with Crippen LogP contribution in [0.15, 0.2) is 47.4 Å². The highest BCUT2D eigenvalue weighted by Gasteiger charge is 2.18. The van der Waals surface area contributed by atoms with E-state index in [-0.39, 0.29) is 16.8 Å². The van der Waals surface area contributed by atoms with E-state index in [1.54, 1.807) is 25.1 Å². The minimum atomic E-state index is -3.76. The van der Waals surface area contributed by atoms with Gasteiger partial charge in [0.05, 0.1) is 4.90 Å². The second-order valence-corrected chi connectivity index (χ2v) is 7.76. The first kappa shape index (κ1) is 18.0. The average Bonchev–Trinajstić information content (AvgIpc) is 2.49. The molecule has 6 heteroatoms. The van der Waals surface area contributed by atoms with Crippen molar-refractivity contribution >= 4 is 21.6 Å². The molecule has 0 aliphatic rings. The smallest absolute Gasteiger partial charge is 0.261 e. The van der Waals surface area contributed by atoms with E-state index in [0.717, 1.165) is 11.1 Å². The molecule has 2 aromatic rings. The lowest BCUT2D eigenvalue weighted by atomic mass is 10.1. The number of carbonyl (C=O) groups excluding carboxylic acids is 1. The van der Waals surface area contributed by atoms with Crippen LogP contribution in [0.4, 0.5) is 5.69 Å². The summed E-state index contributed by atoms with van der Waals surface area (Å²) in [5, 5.41) is 2.78. The van der Waals surface area contributed by atoms with Crippen molar-refractivity contribution in [2.75, 3.05) is 4.72 Å². The predicted molar refractivity (Wildman–Crippen MR) is 95.8 cm³/mol. The van der Waals surface area contributed by atoms with Crippen molar-refractivity contribution in [2.24, 2.45) is 0 Å². The van der Waals surface area contributed by atoms with Crippen molar-refractivity contribution in [3.63, 3.8) is 0 Å². The summed E-state index contributed by atoms with van der Waals surface area (Å²) in [7, 11) is -3.76. The Balaban J connectivity index is 2.33. The number of benzene rings is 2. The second kappa shape index (κ2) is 7.05. The highest BCUT2D eigenvalue weighted by molar-refractivity contribution is 7.92.